The van der Waals surface area contributed by atoms with E-state index >= 15 is 0 Å². The van der Waals surface area contributed by atoms with E-state index in [1.165, 1.54) is 0 Å². The number of carbonyl (C=O) groups is 4. The molecule has 0 N–H and O–H groups in total. The second-order valence-electron chi connectivity index (χ2n) is 14.6. The molecule has 2 saturated carbocycles. The molecule has 0 aromatic carbocycles. The number of ketones is 2. The fourth-order valence-corrected chi connectivity index (χ4v) is 11.1. The Bertz CT molecular complexity index is 1310. The van der Waals surface area contributed by atoms with E-state index in [0.717, 1.165) is 0 Å². The number of epoxide rings is 1. The number of Topliss-reactive ketones (excluding diaryl/α,β-unsaturated/α-hetero) is 2. The summed E-state index contributed by atoms with van der Waals surface area (Å²) in [7, 11) is 0. The summed E-state index contributed by atoms with van der Waals surface area (Å²) in [6.07, 6.45) is -0.447. The van der Waals surface area contributed by atoms with E-state index in [2.05, 4.69) is 0 Å². The van der Waals surface area contributed by atoms with Crippen molar-refractivity contribution < 1.29 is 47.6 Å². The lowest BCUT2D eigenvalue weighted by atomic mass is 9.60. The molecule has 9 rings (SSSR count). The second kappa shape index (κ2) is 6.30. The van der Waals surface area contributed by atoms with Crippen LogP contribution in [0.25, 0.3) is 0 Å². The van der Waals surface area contributed by atoms with E-state index in [4.69, 9.17) is 28.4 Å². The smallest absolute Gasteiger partial charge is 0.311 e. The predicted molar refractivity (Wildman–Crippen MR) is 127 cm³/mol. The Labute approximate surface area is 225 Å². The van der Waals surface area contributed by atoms with E-state index < -0.39 is 81.7 Å². The van der Waals surface area contributed by atoms with Gasteiger partial charge < -0.3 is 28.4 Å². The lowest BCUT2D eigenvalue weighted by molar-refractivity contribution is -0.332. The van der Waals surface area contributed by atoms with E-state index in [1.54, 1.807) is 6.92 Å². The highest BCUT2D eigenvalue weighted by molar-refractivity contribution is 6.03. The van der Waals surface area contributed by atoms with Crippen molar-refractivity contribution in [1.29, 1.82) is 0 Å². The van der Waals surface area contributed by atoms with Gasteiger partial charge in [-0.2, -0.15) is 0 Å². The number of hydrogen-bond acceptors (Lipinski definition) is 10. The monoisotopic (exact) mass is 542 g/mol. The average Bonchev–Trinajstić information content (AvgIpc) is 3.29. The number of fused-ring (bicyclic) bond motifs is 2. The molecule has 7 aliphatic heterocycles. The zero-order valence-electron chi connectivity index (χ0n) is 22.8. The Morgan fingerprint density at radius 1 is 0.872 bits per heavy atom. The van der Waals surface area contributed by atoms with Crippen LogP contribution < -0.4 is 0 Å². The number of carbonyl (C=O) groups excluding carboxylic acids is 4. The molecule has 9 aliphatic rings. The van der Waals surface area contributed by atoms with Crippen molar-refractivity contribution in [3.05, 3.63) is 0 Å². The van der Waals surface area contributed by atoms with Crippen LogP contribution in [0.5, 0.6) is 0 Å². The molecule has 0 radical (unpaired) electrons. The van der Waals surface area contributed by atoms with E-state index in [0.29, 0.717) is 19.3 Å². The first-order chi connectivity index (χ1) is 18.3. The molecule has 2 bridgehead atoms. The molecule has 9 fully saturated rings. The van der Waals surface area contributed by atoms with Gasteiger partial charge in [-0.15, -0.1) is 0 Å². The Balaban J connectivity index is 1.25. The number of hydrogen-bond donors (Lipinski definition) is 0. The zero-order valence-corrected chi connectivity index (χ0v) is 22.8. The van der Waals surface area contributed by atoms with Crippen LogP contribution in [0.4, 0.5) is 0 Å². The normalized spacial score (nSPS) is 62.6. The number of esters is 2. The maximum Gasteiger partial charge on any atom is 0.311 e. The van der Waals surface area contributed by atoms with Gasteiger partial charge in [0.2, 0.25) is 11.6 Å². The molecular weight excluding hydrogens is 508 g/mol. The van der Waals surface area contributed by atoms with Crippen LogP contribution in [-0.4, -0.2) is 76.1 Å². The van der Waals surface area contributed by atoms with E-state index in [-0.39, 0.29) is 42.3 Å². The van der Waals surface area contributed by atoms with Crippen LogP contribution >= 0.6 is 0 Å². The quantitative estimate of drug-likeness (QED) is 0.329. The highest BCUT2D eigenvalue weighted by Crippen LogP contribution is 2.76. The Kier molecular flexibility index (Phi) is 3.84. The van der Waals surface area contributed by atoms with Crippen LogP contribution in [0.15, 0.2) is 0 Å². The van der Waals surface area contributed by atoms with Crippen LogP contribution in [0, 0.1) is 35.0 Å². The van der Waals surface area contributed by atoms with Crippen LogP contribution in [0.1, 0.15) is 66.7 Å². The topological polar surface area (TPSA) is 127 Å². The maximum absolute atomic E-state index is 15.0. The van der Waals surface area contributed by atoms with Crippen LogP contribution in [-0.2, 0) is 47.6 Å². The summed E-state index contributed by atoms with van der Waals surface area (Å²) in [4.78, 5) is 54.5. The van der Waals surface area contributed by atoms with Gasteiger partial charge in [0.05, 0.1) is 24.0 Å². The largest absolute Gasteiger partial charge is 0.459 e. The molecule has 7 saturated heterocycles. The van der Waals surface area contributed by atoms with Crippen molar-refractivity contribution in [2.24, 2.45) is 35.0 Å². The van der Waals surface area contributed by atoms with Crippen LogP contribution in [0.2, 0.25) is 0 Å². The van der Waals surface area contributed by atoms with Gasteiger partial charge >= 0.3 is 11.9 Å². The first kappa shape index (κ1) is 23.8. The van der Waals surface area contributed by atoms with Gasteiger partial charge in [0.1, 0.15) is 35.3 Å². The van der Waals surface area contributed by atoms with Gasteiger partial charge in [0.15, 0.2) is 5.60 Å². The van der Waals surface area contributed by atoms with Crippen molar-refractivity contribution in [3.8, 4) is 0 Å². The highest BCUT2D eigenvalue weighted by Gasteiger charge is 2.93. The first-order valence-corrected chi connectivity index (χ1v) is 14.5. The van der Waals surface area contributed by atoms with Gasteiger partial charge in [0.25, 0.3) is 0 Å². The Morgan fingerprint density at radius 2 is 1.64 bits per heavy atom. The highest BCUT2D eigenvalue weighted by atomic mass is 16.8. The molecule has 10 nitrogen and oxygen atoms in total. The van der Waals surface area contributed by atoms with Gasteiger partial charge in [0, 0.05) is 35.5 Å². The van der Waals surface area contributed by atoms with Crippen molar-refractivity contribution in [1.82, 2.24) is 0 Å². The van der Waals surface area contributed by atoms with Crippen LogP contribution in [0.3, 0.4) is 0 Å². The third-order valence-corrected chi connectivity index (χ3v) is 12.7. The number of ether oxygens (including phenoxy) is 6. The summed E-state index contributed by atoms with van der Waals surface area (Å²) in [5.74, 6) is -4.86. The molecule has 0 aromatic heterocycles. The van der Waals surface area contributed by atoms with Gasteiger partial charge in [-0.3, -0.25) is 19.2 Å². The van der Waals surface area contributed by atoms with Crippen molar-refractivity contribution in [2.45, 2.75) is 119 Å². The molecule has 2 aliphatic carbocycles. The van der Waals surface area contributed by atoms with Crippen molar-refractivity contribution >= 4 is 23.5 Å². The molecule has 10 heteroatoms. The molecule has 0 unspecified atom stereocenters. The predicted octanol–water partition coefficient (Wildman–Crippen LogP) is 1.64. The van der Waals surface area contributed by atoms with Gasteiger partial charge in [-0.05, 0) is 40.0 Å². The summed E-state index contributed by atoms with van der Waals surface area (Å²) in [6, 6.07) is 0. The minimum Gasteiger partial charge on any atom is -0.459 e. The SMILES string of the molecule is C[C@@H]1C(=O)O[C@H]2[C@@H]1O[C@]13O[C@@]4(CC[C@]5(C)C(=O)[C@H](C)[C@H]2[C@H]15)C[C@]12OC(=O)C[C@H]1OC(C)(C)[C@@H]2C[C@@H]1O[C@@]14C3=O. The summed E-state index contributed by atoms with van der Waals surface area (Å²) in [5.41, 5.74) is -4.84. The molecule has 0 aromatic rings. The molecule has 210 valence electrons. The van der Waals surface area contributed by atoms with E-state index in [9.17, 15) is 19.2 Å². The lowest BCUT2D eigenvalue weighted by Crippen LogP contribution is -2.64. The summed E-state index contributed by atoms with van der Waals surface area (Å²) in [5, 5.41) is 0. The fourth-order valence-electron chi connectivity index (χ4n) is 11.1. The molecule has 14 atom stereocenters. The first-order valence-electron chi connectivity index (χ1n) is 14.5. The van der Waals surface area contributed by atoms with Crippen molar-refractivity contribution in [2.75, 3.05) is 0 Å². The summed E-state index contributed by atoms with van der Waals surface area (Å²) in [6.45, 7) is 9.57. The van der Waals surface area contributed by atoms with Gasteiger partial charge in [-0.25, -0.2) is 0 Å². The zero-order chi connectivity index (χ0) is 27.3. The molecule has 7 heterocycles. The number of rotatable bonds is 0. The van der Waals surface area contributed by atoms with E-state index in [1.807, 2.05) is 27.7 Å². The molecule has 4 spiro atoms. The molecule has 0 amide bonds. The van der Waals surface area contributed by atoms with Crippen molar-refractivity contribution in [3.63, 3.8) is 0 Å². The Hall–Kier alpha value is -1.88. The molecule has 39 heavy (non-hydrogen) atoms. The minimum atomic E-state index is -1.74. The Morgan fingerprint density at radius 3 is 2.41 bits per heavy atom. The van der Waals surface area contributed by atoms with Gasteiger partial charge in [-0.1, -0.05) is 13.8 Å². The third-order valence-electron chi connectivity index (χ3n) is 12.7. The minimum absolute atomic E-state index is 0.0551. The third kappa shape index (κ3) is 2.20. The second-order valence-corrected chi connectivity index (χ2v) is 14.6. The summed E-state index contributed by atoms with van der Waals surface area (Å²) < 4.78 is 38.8. The molecular formula is C29H34O10. The summed E-state index contributed by atoms with van der Waals surface area (Å²) >= 11 is 0. The standard InChI is InChI=1S/C29H34O10/c1-11-17-19-18(12(2)22(32)34-19)38-29-20(17)25(5,21(11)31)6-7-26(39-29)10-27-13(8-15-28(26,36-15)23(29)33)24(3,4)35-14(27)9-16(30)37-27/h11-15,17-20H,6-10H2,1-5H3/t11-,12+,13+,14-,15+,17-,18-,19-,20+,25+,26+,27-,28-,29+/m1/s1. The maximum atomic E-state index is 15.0. The average molecular weight is 543 g/mol. The lowest BCUT2D eigenvalue weighted by Gasteiger charge is -2.49. The fraction of sp³-hybridized carbons (Fsp3) is 0.862.